The molecule has 0 fully saturated rings. The predicted octanol–water partition coefficient (Wildman–Crippen LogP) is 3.42. The molecule has 7 nitrogen and oxygen atoms in total. The summed E-state index contributed by atoms with van der Waals surface area (Å²) in [5, 5.41) is 14.0. The Hall–Kier alpha value is -3.61. The molecule has 138 valence electrons. The fourth-order valence-corrected chi connectivity index (χ4v) is 2.40. The van der Waals surface area contributed by atoms with Gasteiger partial charge in [-0.25, -0.2) is 0 Å². The van der Waals surface area contributed by atoms with Gasteiger partial charge in [0.25, 0.3) is 0 Å². The summed E-state index contributed by atoms with van der Waals surface area (Å²) in [5.41, 5.74) is 1.75. The first-order valence-corrected chi connectivity index (χ1v) is 8.34. The molecule has 3 rings (SSSR count). The molecule has 0 spiro atoms. The summed E-state index contributed by atoms with van der Waals surface area (Å²) in [6.45, 7) is 0. The van der Waals surface area contributed by atoms with Gasteiger partial charge in [-0.2, -0.15) is 0 Å². The lowest BCUT2D eigenvalue weighted by molar-refractivity contribution is -0.115. The second kappa shape index (κ2) is 8.66. The fraction of sp³-hybridized carbons (Fsp3) is 0.150. The van der Waals surface area contributed by atoms with Crippen molar-refractivity contribution in [1.82, 2.24) is 10.2 Å². The molecule has 0 bridgehead atoms. The molecule has 0 aliphatic rings. The van der Waals surface area contributed by atoms with Crippen LogP contribution < -0.4 is 20.1 Å². The van der Waals surface area contributed by atoms with E-state index in [0.717, 1.165) is 22.7 Å². The van der Waals surface area contributed by atoms with E-state index in [1.165, 1.54) is 0 Å². The summed E-state index contributed by atoms with van der Waals surface area (Å²) in [5.74, 6) is 2.35. The quantitative estimate of drug-likeness (QED) is 0.668. The van der Waals surface area contributed by atoms with Crippen LogP contribution >= 0.6 is 0 Å². The minimum atomic E-state index is -0.162. The van der Waals surface area contributed by atoms with Gasteiger partial charge in [-0.3, -0.25) is 4.79 Å². The van der Waals surface area contributed by atoms with Gasteiger partial charge in [0.1, 0.15) is 11.5 Å². The fourth-order valence-electron chi connectivity index (χ4n) is 2.40. The highest BCUT2D eigenvalue weighted by Gasteiger charge is 2.06. The smallest absolute Gasteiger partial charge is 0.229 e. The number of nitrogens with zero attached hydrogens (tertiary/aromatic N) is 2. The van der Waals surface area contributed by atoms with Gasteiger partial charge in [0.2, 0.25) is 5.91 Å². The third-order valence-electron chi connectivity index (χ3n) is 3.82. The summed E-state index contributed by atoms with van der Waals surface area (Å²) < 4.78 is 10.2. The molecule has 27 heavy (non-hydrogen) atoms. The molecule has 0 saturated heterocycles. The van der Waals surface area contributed by atoms with E-state index >= 15 is 0 Å². The Morgan fingerprint density at radius 1 is 0.815 bits per heavy atom. The monoisotopic (exact) mass is 364 g/mol. The first kappa shape index (κ1) is 18.2. The van der Waals surface area contributed by atoms with Gasteiger partial charge in [-0.15, -0.1) is 10.2 Å². The van der Waals surface area contributed by atoms with Crippen molar-refractivity contribution in [3.05, 3.63) is 66.2 Å². The second-order valence-electron chi connectivity index (χ2n) is 5.73. The summed E-state index contributed by atoms with van der Waals surface area (Å²) in [6.07, 6.45) is 0.248. The number of aromatic nitrogens is 2. The number of hydrogen-bond donors (Lipinski definition) is 2. The van der Waals surface area contributed by atoms with Crippen molar-refractivity contribution < 1.29 is 14.3 Å². The van der Waals surface area contributed by atoms with E-state index in [4.69, 9.17) is 9.47 Å². The maximum absolute atomic E-state index is 12.1. The standard InChI is InChI=1S/C20H20N4O3/c1-26-16-7-3-14(4-8-16)13-20(25)22-19-12-11-18(23-24-19)21-15-5-9-17(27-2)10-6-15/h3-12H,13H2,1-2H3,(H,21,23)(H,22,24,25). The van der Waals surface area contributed by atoms with Gasteiger partial charge in [-0.1, -0.05) is 12.1 Å². The van der Waals surface area contributed by atoms with Crippen molar-refractivity contribution in [2.45, 2.75) is 6.42 Å². The van der Waals surface area contributed by atoms with Crippen LogP contribution in [-0.4, -0.2) is 30.3 Å². The number of anilines is 3. The number of benzene rings is 2. The van der Waals surface area contributed by atoms with E-state index in [2.05, 4.69) is 20.8 Å². The molecule has 1 heterocycles. The second-order valence-corrected chi connectivity index (χ2v) is 5.73. The lowest BCUT2D eigenvalue weighted by Crippen LogP contribution is -2.15. The van der Waals surface area contributed by atoms with E-state index in [-0.39, 0.29) is 12.3 Å². The van der Waals surface area contributed by atoms with E-state index in [9.17, 15) is 4.79 Å². The minimum absolute atomic E-state index is 0.162. The number of ether oxygens (including phenoxy) is 2. The van der Waals surface area contributed by atoms with Crippen molar-refractivity contribution in [3.63, 3.8) is 0 Å². The lowest BCUT2D eigenvalue weighted by atomic mass is 10.1. The predicted molar refractivity (Wildman–Crippen MR) is 104 cm³/mol. The molecular formula is C20H20N4O3. The van der Waals surface area contributed by atoms with Crippen LogP contribution in [0.15, 0.2) is 60.7 Å². The zero-order valence-corrected chi connectivity index (χ0v) is 15.1. The zero-order valence-electron chi connectivity index (χ0n) is 15.1. The topological polar surface area (TPSA) is 85.4 Å². The van der Waals surface area contributed by atoms with Gasteiger partial charge in [0.15, 0.2) is 11.6 Å². The zero-order chi connectivity index (χ0) is 19.1. The molecule has 1 amide bonds. The molecule has 0 unspecified atom stereocenters. The Morgan fingerprint density at radius 3 is 1.93 bits per heavy atom. The van der Waals surface area contributed by atoms with Crippen LogP contribution in [0, 0.1) is 0 Å². The van der Waals surface area contributed by atoms with Crippen LogP contribution in [-0.2, 0) is 11.2 Å². The average molecular weight is 364 g/mol. The molecular weight excluding hydrogens is 344 g/mol. The summed E-state index contributed by atoms with van der Waals surface area (Å²) in [7, 11) is 3.23. The summed E-state index contributed by atoms with van der Waals surface area (Å²) in [4.78, 5) is 12.1. The Bertz CT molecular complexity index is 879. The van der Waals surface area contributed by atoms with E-state index < -0.39 is 0 Å². The molecule has 3 aromatic rings. The minimum Gasteiger partial charge on any atom is -0.497 e. The first-order chi connectivity index (χ1) is 13.2. The SMILES string of the molecule is COc1ccc(CC(=O)Nc2ccc(Nc3ccc(OC)cc3)nn2)cc1. The molecule has 1 aromatic heterocycles. The molecule has 2 aromatic carbocycles. The maximum Gasteiger partial charge on any atom is 0.229 e. The van der Waals surface area contributed by atoms with Crippen molar-refractivity contribution >= 4 is 23.2 Å². The van der Waals surface area contributed by atoms with Crippen molar-refractivity contribution in [2.75, 3.05) is 24.9 Å². The summed E-state index contributed by atoms with van der Waals surface area (Å²) in [6, 6.07) is 18.3. The van der Waals surface area contributed by atoms with Crippen LogP contribution in [0.5, 0.6) is 11.5 Å². The molecule has 2 N–H and O–H groups in total. The number of nitrogens with one attached hydrogen (secondary N) is 2. The molecule has 0 saturated carbocycles. The van der Waals surface area contributed by atoms with Crippen LogP contribution in [0.3, 0.4) is 0 Å². The number of hydrogen-bond acceptors (Lipinski definition) is 6. The van der Waals surface area contributed by atoms with Crippen LogP contribution in [0.4, 0.5) is 17.3 Å². The van der Waals surface area contributed by atoms with Crippen molar-refractivity contribution in [2.24, 2.45) is 0 Å². The number of methoxy groups -OCH3 is 2. The number of carbonyl (C=O) groups excluding carboxylic acids is 1. The van der Waals surface area contributed by atoms with Gasteiger partial charge in [-0.05, 0) is 54.1 Å². The molecule has 7 heteroatoms. The van der Waals surface area contributed by atoms with E-state index in [1.54, 1.807) is 26.4 Å². The number of amides is 1. The number of rotatable bonds is 7. The Balaban J connectivity index is 1.55. The van der Waals surface area contributed by atoms with Crippen LogP contribution in [0.25, 0.3) is 0 Å². The highest BCUT2D eigenvalue weighted by molar-refractivity contribution is 5.91. The molecule has 0 aliphatic heterocycles. The van der Waals surface area contributed by atoms with Crippen molar-refractivity contribution in [3.8, 4) is 11.5 Å². The molecule has 0 atom stereocenters. The average Bonchev–Trinajstić information content (AvgIpc) is 2.70. The highest BCUT2D eigenvalue weighted by Crippen LogP contribution is 2.19. The first-order valence-electron chi connectivity index (χ1n) is 8.34. The van der Waals surface area contributed by atoms with Crippen LogP contribution in [0.2, 0.25) is 0 Å². The van der Waals surface area contributed by atoms with Gasteiger partial charge in [0.05, 0.1) is 20.6 Å². The normalized spacial score (nSPS) is 10.1. The lowest BCUT2D eigenvalue weighted by Gasteiger charge is -2.08. The summed E-state index contributed by atoms with van der Waals surface area (Å²) >= 11 is 0. The van der Waals surface area contributed by atoms with E-state index in [1.807, 2.05) is 48.5 Å². The van der Waals surface area contributed by atoms with Gasteiger partial charge < -0.3 is 20.1 Å². The Morgan fingerprint density at radius 2 is 1.37 bits per heavy atom. The molecule has 0 aliphatic carbocycles. The van der Waals surface area contributed by atoms with Crippen LogP contribution in [0.1, 0.15) is 5.56 Å². The number of carbonyl (C=O) groups is 1. The molecule has 0 radical (unpaired) electrons. The Labute approximate surface area is 157 Å². The highest BCUT2D eigenvalue weighted by atomic mass is 16.5. The van der Waals surface area contributed by atoms with Crippen molar-refractivity contribution in [1.29, 1.82) is 0 Å². The third-order valence-corrected chi connectivity index (χ3v) is 3.82. The largest absolute Gasteiger partial charge is 0.497 e. The van der Waals surface area contributed by atoms with Gasteiger partial charge >= 0.3 is 0 Å². The van der Waals surface area contributed by atoms with Gasteiger partial charge in [0, 0.05) is 5.69 Å². The Kier molecular flexibility index (Phi) is 5.84. The third kappa shape index (κ3) is 5.18. The van der Waals surface area contributed by atoms with E-state index in [0.29, 0.717) is 11.6 Å². The maximum atomic E-state index is 12.1.